The largest absolute Gasteiger partial charge is 0.513 e. The van der Waals surface area contributed by atoms with E-state index in [0.717, 1.165) is 60.6 Å². The Balaban J connectivity index is 1.78. The van der Waals surface area contributed by atoms with Gasteiger partial charge in [0.05, 0.1) is 6.54 Å². The zero-order chi connectivity index (χ0) is 27.1. The molecule has 200 valence electrons. The molecule has 0 saturated heterocycles. The van der Waals surface area contributed by atoms with Gasteiger partial charge in [0.15, 0.2) is 5.82 Å². The monoisotopic (exact) mass is 537 g/mol. The van der Waals surface area contributed by atoms with E-state index in [1.54, 1.807) is 29.7 Å². The lowest BCUT2D eigenvalue weighted by Gasteiger charge is -2.13. The molecule has 8 nitrogen and oxygen atoms in total. The Kier molecular flexibility index (Phi) is 9.44. The number of nitrogens with one attached hydrogen (secondary N) is 2. The van der Waals surface area contributed by atoms with Gasteiger partial charge in [-0.05, 0) is 35.6 Å². The lowest BCUT2D eigenvalue weighted by molar-refractivity contribution is -0.0450. The van der Waals surface area contributed by atoms with E-state index in [1.807, 2.05) is 16.8 Å². The summed E-state index contributed by atoms with van der Waals surface area (Å²) in [4.78, 5) is 18.3. The molecule has 0 unspecified atom stereocenters. The van der Waals surface area contributed by atoms with Crippen molar-refractivity contribution >= 4 is 15.9 Å². The van der Waals surface area contributed by atoms with Gasteiger partial charge in [-0.15, -0.1) is 4.83 Å². The van der Waals surface area contributed by atoms with Crippen LogP contribution in [-0.2, 0) is 29.4 Å². The summed E-state index contributed by atoms with van der Waals surface area (Å²) >= 11 is 0. The van der Waals surface area contributed by atoms with Crippen LogP contribution in [-0.4, -0.2) is 34.6 Å². The Morgan fingerprint density at radius 3 is 2.27 bits per heavy atom. The standard InChI is InChI=1S/C25H30F3N5O3S/c1-3-5-11-22-29-23(12-6-4-2)33(31-22)17-18-13-15-19(16-14-18)20-9-7-8-10-21(20)24(34)30-32-37(35,36)25(26,27)28/h7-10,13-16,32H,3-6,11-12,17H2,1-2H3,(H,30,34). The Labute approximate surface area is 214 Å². The van der Waals surface area contributed by atoms with Crippen LogP contribution in [0.25, 0.3) is 11.1 Å². The molecule has 0 aliphatic carbocycles. The minimum absolute atomic E-state index is 0.0128. The topological polar surface area (TPSA) is 106 Å². The fraction of sp³-hybridized carbons (Fsp3) is 0.400. The van der Waals surface area contributed by atoms with Gasteiger partial charge in [0.1, 0.15) is 5.82 Å². The van der Waals surface area contributed by atoms with Crippen molar-refractivity contribution in [2.75, 3.05) is 0 Å². The Morgan fingerprint density at radius 2 is 1.62 bits per heavy atom. The summed E-state index contributed by atoms with van der Waals surface area (Å²) in [7, 11) is -5.72. The Morgan fingerprint density at radius 1 is 0.973 bits per heavy atom. The normalized spacial score (nSPS) is 12.0. The molecule has 0 aliphatic heterocycles. The first kappa shape index (κ1) is 28.3. The number of hydrogen-bond acceptors (Lipinski definition) is 5. The first-order valence-electron chi connectivity index (χ1n) is 12.0. The van der Waals surface area contributed by atoms with Crippen LogP contribution in [0.1, 0.15) is 67.1 Å². The molecule has 2 N–H and O–H groups in total. The third-order valence-corrected chi connectivity index (χ3v) is 6.65. The minimum Gasteiger partial charge on any atom is -0.273 e. The van der Waals surface area contributed by atoms with Crippen LogP contribution in [0.3, 0.4) is 0 Å². The third kappa shape index (κ3) is 7.39. The molecule has 0 aliphatic rings. The lowest BCUT2D eigenvalue weighted by atomic mass is 9.98. The van der Waals surface area contributed by atoms with Gasteiger partial charge < -0.3 is 0 Å². The predicted molar refractivity (Wildman–Crippen MR) is 134 cm³/mol. The van der Waals surface area contributed by atoms with Gasteiger partial charge in [0.2, 0.25) is 0 Å². The molecule has 3 rings (SSSR count). The van der Waals surface area contributed by atoms with E-state index in [-0.39, 0.29) is 5.56 Å². The molecular formula is C25H30F3N5O3S. The van der Waals surface area contributed by atoms with Crippen LogP contribution < -0.4 is 10.3 Å². The second-order valence-corrected chi connectivity index (χ2v) is 10.2. The fourth-order valence-electron chi connectivity index (χ4n) is 3.65. The van der Waals surface area contributed by atoms with Crippen LogP contribution in [0.15, 0.2) is 48.5 Å². The van der Waals surface area contributed by atoms with Crippen LogP contribution in [0, 0.1) is 0 Å². The molecular weight excluding hydrogens is 507 g/mol. The highest BCUT2D eigenvalue weighted by Gasteiger charge is 2.46. The number of hydrazine groups is 1. The van der Waals surface area contributed by atoms with Crippen molar-refractivity contribution in [3.05, 3.63) is 71.3 Å². The van der Waals surface area contributed by atoms with Gasteiger partial charge in [0.25, 0.3) is 5.91 Å². The summed E-state index contributed by atoms with van der Waals surface area (Å²) in [6, 6.07) is 13.6. The van der Waals surface area contributed by atoms with Crippen molar-refractivity contribution in [2.45, 2.75) is 64.4 Å². The van der Waals surface area contributed by atoms with E-state index in [9.17, 15) is 26.4 Å². The second kappa shape index (κ2) is 12.3. The molecule has 1 heterocycles. The Bertz CT molecular complexity index is 1310. The van der Waals surface area contributed by atoms with Gasteiger partial charge in [-0.25, -0.2) is 18.1 Å². The van der Waals surface area contributed by atoms with E-state index in [0.29, 0.717) is 17.7 Å². The van der Waals surface area contributed by atoms with Gasteiger partial charge in [-0.1, -0.05) is 69.2 Å². The highest BCUT2D eigenvalue weighted by molar-refractivity contribution is 7.90. The van der Waals surface area contributed by atoms with Gasteiger partial charge >= 0.3 is 15.5 Å². The summed E-state index contributed by atoms with van der Waals surface area (Å²) in [6.45, 7) is 4.78. The Hall–Kier alpha value is -3.25. The molecule has 0 bridgehead atoms. The SMILES string of the molecule is CCCCc1nc(CCCC)n(Cc2ccc(-c3ccccc3C(=O)NNS(=O)(=O)C(F)(F)F)cc2)n1. The van der Waals surface area contributed by atoms with E-state index < -0.39 is 21.4 Å². The summed E-state index contributed by atoms with van der Waals surface area (Å²) in [5.74, 6) is 0.765. The quantitative estimate of drug-likeness (QED) is 0.324. The number of aromatic nitrogens is 3. The van der Waals surface area contributed by atoms with E-state index >= 15 is 0 Å². The number of unbranched alkanes of at least 4 members (excludes halogenated alkanes) is 2. The molecule has 0 fully saturated rings. The first-order valence-corrected chi connectivity index (χ1v) is 13.5. The molecule has 3 aromatic rings. The summed E-state index contributed by atoms with van der Waals surface area (Å²) < 4.78 is 62.0. The van der Waals surface area contributed by atoms with Crippen molar-refractivity contribution in [2.24, 2.45) is 0 Å². The summed E-state index contributed by atoms with van der Waals surface area (Å²) in [5.41, 5.74) is -1.87. The van der Waals surface area contributed by atoms with Crippen LogP contribution >= 0.6 is 0 Å². The molecule has 0 radical (unpaired) electrons. The van der Waals surface area contributed by atoms with Crippen molar-refractivity contribution in [1.82, 2.24) is 25.0 Å². The number of hydrogen-bond donors (Lipinski definition) is 2. The number of rotatable bonds is 12. The zero-order valence-electron chi connectivity index (χ0n) is 20.7. The maximum absolute atomic E-state index is 12.6. The van der Waals surface area contributed by atoms with Crippen molar-refractivity contribution in [1.29, 1.82) is 0 Å². The average molecular weight is 538 g/mol. The maximum Gasteiger partial charge on any atom is 0.513 e. The highest BCUT2D eigenvalue weighted by atomic mass is 32.2. The highest BCUT2D eigenvalue weighted by Crippen LogP contribution is 2.25. The molecule has 0 atom stereocenters. The molecule has 1 amide bonds. The number of carbonyl (C=O) groups is 1. The van der Waals surface area contributed by atoms with E-state index in [1.165, 1.54) is 12.1 Å². The lowest BCUT2D eigenvalue weighted by Crippen LogP contribution is -2.47. The summed E-state index contributed by atoms with van der Waals surface area (Å²) in [5, 5.41) is 4.69. The number of alkyl halides is 3. The van der Waals surface area contributed by atoms with E-state index in [2.05, 4.69) is 18.9 Å². The molecule has 2 aromatic carbocycles. The maximum atomic E-state index is 12.6. The van der Waals surface area contributed by atoms with Crippen molar-refractivity contribution in [3.63, 3.8) is 0 Å². The number of carbonyl (C=O) groups excluding carboxylic acids is 1. The van der Waals surface area contributed by atoms with Crippen molar-refractivity contribution in [3.8, 4) is 11.1 Å². The molecule has 37 heavy (non-hydrogen) atoms. The van der Waals surface area contributed by atoms with Crippen LogP contribution in [0.5, 0.6) is 0 Å². The minimum atomic E-state index is -5.72. The second-order valence-electron chi connectivity index (χ2n) is 8.56. The number of amides is 1. The summed E-state index contributed by atoms with van der Waals surface area (Å²) in [6.07, 6.45) is 5.83. The van der Waals surface area contributed by atoms with Crippen LogP contribution in [0.2, 0.25) is 0 Å². The smallest absolute Gasteiger partial charge is 0.273 e. The molecule has 0 saturated carbocycles. The number of nitrogens with zero attached hydrogens (tertiary/aromatic N) is 3. The van der Waals surface area contributed by atoms with Crippen LogP contribution in [0.4, 0.5) is 13.2 Å². The van der Waals surface area contributed by atoms with Gasteiger partial charge in [-0.2, -0.15) is 18.3 Å². The van der Waals surface area contributed by atoms with E-state index in [4.69, 9.17) is 4.98 Å². The number of sulfonamides is 1. The number of aryl methyl sites for hydroxylation is 2. The zero-order valence-corrected chi connectivity index (χ0v) is 21.5. The molecule has 0 spiro atoms. The van der Waals surface area contributed by atoms with Gasteiger partial charge in [-0.3, -0.25) is 10.2 Å². The first-order chi connectivity index (χ1) is 17.6. The molecule has 12 heteroatoms. The average Bonchev–Trinajstić information content (AvgIpc) is 3.25. The number of benzene rings is 2. The predicted octanol–water partition coefficient (Wildman–Crippen LogP) is 4.76. The van der Waals surface area contributed by atoms with Gasteiger partial charge in [0, 0.05) is 18.4 Å². The third-order valence-electron chi connectivity index (χ3n) is 5.67. The number of halogens is 3. The molecule has 1 aromatic heterocycles. The fourth-order valence-corrected chi connectivity index (χ4v) is 3.99. The van der Waals surface area contributed by atoms with Crippen molar-refractivity contribution < 1.29 is 26.4 Å².